The van der Waals surface area contributed by atoms with Crippen LogP contribution in [0.4, 0.5) is 5.82 Å². The van der Waals surface area contributed by atoms with Crippen LogP contribution >= 0.6 is 23.2 Å². The Balaban J connectivity index is 2.52. The van der Waals surface area contributed by atoms with Crippen molar-refractivity contribution in [3.63, 3.8) is 0 Å². The molecule has 0 saturated heterocycles. The lowest BCUT2D eigenvalue weighted by molar-refractivity contribution is 0.638. The molecule has 2 aromatic rings. The SMILES string of the molecule is Cn1ncc(C(NN)c2cccc(Cl)c2Cl)c1N. The average molecular weight is 286 g/mol. The van der Waals surface area contributed by atoms with Gasteiger partial charge in [-0.3, -0.25) is 10.5 Å². The van der Waals surface area contributed by atoms with Gasteiger partial charge in [0.05, 0.1) is 22.3 Å². The van der Waals surface area contributed by atoms with Crippen LogP contribution in [-0.4, -0.2) is 9.78 Å². The van der Waals surface area contributed by atoms with Crippen molar-refractivity contribution in [2.45, 2.75) is 6.04 Å². The van der Waals surface area contributed by atoms with E-state index in [9.17, 15) is 0 Å². The van der Waals surface area contributed by atoms with Crippen molar-refractivity contribution in [2.75, 3.05) is 5.73 Å². The molecular weight excluding hydrogens is 273 g/mol. The third-order valence-corrected chi connectivity index (χ3v) is 3.62. The number of nitrogens with two attached hydrogens (primary N) is 2. The van der Waals surface area contributed by atoms with Crippen LogP contribution in [0.25, 0.3) is 0 Å². The number of halogens is 2. The number of nitrogens with one attached hydrogen (secondary N) is 1. The third-order valence-electron chi connectivity index (χ3n) is 2.78. The first-order valence-electron chi connectivity index (χ1n) is 5.23. The summed E-state index contributed by atoms with van der Waals surface area (Å²) in [5.41, 5.74) is 10.1. The molecule has 0 bridgehead atoms. The van der Waals surface area contributed by atoms with Crippen molar-refractivity contribution >= 4 is 29.0 Å². The van der Waals surface area contributed by atoms with Crippen molar-refractivity contribution in [1.82, 2.24) is 15.2 Å². The zero-order valence-corrected chi connectivity index (χ0v) is 11.2. The number of rotatable bonds is 3. The molecule has 0 radical (unpaired) electrons. The molecule has 0 aliphatic heterocycles. The molecule has 1 aromatic heterocycles. The number of hydrazine groups is 1. The Labute approximate surface area is 115 Å². The minimum absolute atomic E-state index is 0.357. The van der Waals surface area contributed by atoms with Crippen LogP contribution < -0.4 is 17.0 Å². The number of aromatic nitrogens is 2. The van der Waals surface area contributed by atoms with Gasteiger partial charge in [-0.05, 0) is 11.6 Å². The molecule has 18 heavy (non-hydrogen) atoms. The monoisotopic (exact) mass is 285 g/mol. The maximum absolute atomic E-state index is 6.18. The summed E-state index contributed by atoms with van der Waals surface area (Å²) < 4.78 is 1.57. The summed E-state index contributed by atoms with van der Waals surface area (Å²) in [5.74, 6) is 6.11. The van der Waals surface area contributed by atoms with E-state index in [1.807, 2.05) is 6.07 Å². The topological polar surface area (TPSA) is 81.9 Å². The Bertz CT molecular complexity index is 567. The fraction of sp³-hybridized carbons (Fsp3) is 0.182. The van der Waals surface area contributed by atoms with E-state index in [0.29, 0.717) is 15.9 Å². The van der Waals surface area contributed by atoms with Crippen molar-refractivity contribution in [3.05, 3.63) is 45.6 Å². The predicted octanol–water partition coefficient (Wildman–Crippen LogP) is 1.86. The van der Waals surface area contributed by atoms with Gasteiger partial charge >= 0.3 is 0 Å². The second-order valence-corrected chi connectivity index (χ2v) is 4.64. The smallest absolute Gasteiger partial charge is 0.126 e. The molecule has 5 N–H and O–H groups in total. The predicted molar refractivity (Wildman–Crippen MR) is 73.2 cm³/mol. The number of aryl methyl sites for hydroxylation is 1. The molecular formula is C11H13Cl2N5. The first kappa shape index (κ1) is 13.2. The van der Waals surface area contributed by atoms with E-state index in [4.69, 9.17) is 34.8 Å². The first-order chi connectivity index (χ1) is 8.56. The average Bonchev–Trinajstić information content (AvgIpc) is 2.68. The highest BCUT2D eigenvalue weighted by Crippen LogP contribution is 2.34. The van der Waals surface area contributed by atoms with Crippen LogP contribution in [0.1, 0.15) is 17.2 Å². The molecule has 0 spiro atoms. The molecule has 5 nitrogen and oxygen atoms in total. The summed E-state index contributed by atoms with van der Waals surface area (Å²) in [6, 6.07) is 5.00. The summed E-state index contributed by atoms with van der Waals surface area (Å²) in [5, 5.41) is 5.00. The number of anilines is 1. The van der Waals surface area contributed by atoms with Gasteiger partial charge in [-0.15, -0.1) is 0 Å². The van der Waals surface area contributed by atoms with Gasteiger partial charge < -0.3 is 5.73 Å². The second-order valence-electron chi connectivity index (χ2n) is 3.85. The van der Waals surface area contributed by atoms with Gasteiger partial charge in [0, 0.05) is 12.6 Å². The Hall–Kier alpha value is -1.27. The standard InChI is InChI=1S/C11H13Cl2N5/c1-18-11(14)7(5-16-18)10(17-15)6-3-2-4-8(12)9(6)13/h2-5,10,17H,14-15H2,1H3. The molecule has 96 valence electrons. The second kappa shape index (κ2) is 5.16. The molecule has 0 aliphatic carbocycles. The lowest BCUT2D eigenvalue weighted by Crippen LogP contribution is -2.29. The number of nitrogens with zero attached hydrogens (tertiary/aromatic N) is 2. The molecule has 2 rings (SSSR count). The quantitative estimate of drug-likeness (QED) is 0.594. The zero-order valence-electron chi connectivity index (χ0n) is 9.69. The molecule has 7 heteroatoms. The molecule has 0 amide bonds. The Kier molecular flexibility index (Phi) is 3.77. The fourth-order valence-electron chi connectivity index (χ4n) is 1.78. The van der Waals surface area contributed by atoms with Crippen LogP contribution in [0, 0.1) is 0 Å². The van der Waals surface area contributed by atoms with E-state index in [1.54, 1.807) is 30.1 Å². The number of hydrogen-bond donors (Lipinski definition) is 3. The van der Waals surface area contributed by atoms with E-state index in [2.05, 4.69) is 10.5 Å². The van der Waals surface area contributed by atoms with Gasteiger partial charge in [0.1, 0.15) is 5.82 Å². The third kappa shape index (κ3) is 2.18. The van der Waals surface area contributed by atoms with Gasteiger partial charge in [0.15, 0.2) is 0 Å². The van der Waals surface area contributed by atoms with E-state index < -0.39 is 0 Å². The molecule has 1 heterocycles. The first-order valence-corrected chi connectivity index (χ1v) is 5.99. The summed E-state index contributed by atoms with van der Waals surface area (Å²) in [7, 11) is 1.76. The Morgan fingerprint density at radius 1 is 1.33 bits per heavy atom. The largest absolute Gasteiger partial charge is 0.384 e. The number of hydrogen-bond acceptors (Lipinski definition) is 4. The van der Waals surface area contributed by atoms with E-state index >= 15 is 0 Å². The van der Waals surface area contributed by atoms with Gasteiger partial charge in [0.25, 0.3) is 0 Å². The van der Waals surface area contributed by atoms with Gasteiger partial charge in [-0.25, -0.2) is 5.43 Å². The van der Waals surface area contributed by atoms with Crippen molar-refractivity contribution in [1.29, 1.82) is 0 Å². The van der Waals surface area contributed by atoms with E-state index in [1.165, 1.54) is 0 Å². The summed E-state index contributed by atoms with van der Waals surface area (Å²) >= 11 is 12.2. The maximum atomic E-state index is 6.18. The minimum atomic E-state index is -0.357. The Morgan fingerprint density at radius 3 is 2.61 bits per heavy atom. The summed E-state index contributed by atoms with van der Waals surface area (Å²) in [6.45, 7) is 0. The van der Waals surface area contributed by atoms with Crippen LogP contribution in [0.2, 0.25) is 10.0 Å². The van der Waals surface area contributed by atoms with Gasteiger partial charge in [0.2, 0.25) is 0 Å². The lowest BCUT2D eigenvalue weighted by Gasteiger charge is -2.17. The number of nitrogen functional groups attached to an aromatic ring is 1. The van der Waals surface area contributed by atoms with Crippen molar-refractivity contribution in [2.24, 2.45) is 12.9 Å². The van der Waals surface area contributed by atoms with Gasteiger partial charge in [-0.1, -0.05) is 35.3 Å². The molecule has 1 atom stereocenters. The minimum Gasteiger partial charge on any atom is -0.384 e. The molecule has 1 aromatic carbocycles. The van der Waals surface area contributed by atoms with E-state index in [-0.39, 0.29) is 6.04 Å². The highest BCUT2D eigenvalue weighted by atomic mass is 35.5. The highest BCUT2D eigenvalue weighted by molar-refractivity contribution is 6.42. The summed E-state index contributed by atoms with van der Waals surface area (Å²) in [6.07, 6.45) is 1.65. The van der Waals surface area contributed by atoms with Crippen LogP contribution in [0.3, 0.4) is 0 Å². The lowest BCUT2D eigenvalue weighted by atomic mass is 10.0. The van der Waals surface area contributed by atoms with Crippen molar-refractivity contribution in [3.8, 4) is 0 Å². The zero-order chi connectivity index (χ0) is 13.3. The normalized spacial score (nSPS) is 12.7. The molecule has 0 saturated carbocycles. The van der Waals surface area contributed by atoms with E-state index in [0.717, 1.165) is 11.1 Å². The molecule has 1 unspecified atom stereocenters. The number of benzene rings is 1. The highest BCUT2D eigenvalue weighted by Gasteiger charge is 2.21. The van der Waals surface area contributed by atoms with Crippen LogP contribution in [0.15, 0.2) is 24.4 Å². The molecule has 0 fully saturated rings. The van der Waals surface area contributed by atoms with Crippen LogP contribution in [-0.2, 0) is 7.05 Å². The Morgan fingerprint density at radius 2 is 2.06 bits per heavy atom. The molecule has 0 aliphatic rings. The van der Waals surface area contributed by atoms with Crippen molar-refractivity contribution < 1.29 is 0 Å². The van der Waals surface area contributed by atoms with Gasteiger partial charge in [-0.2, -0.15) is 5.10 Å². The van der Waals surface area contributed by atoms with Crippen LogP contribution in [0.5, 0.6) is 0 Å². The summed E-state index contributed by atoms with van der Waals surface area (Å²) in [4.78, 5) is 0. The maximum Gasteiger partial charge on any atom is 0.126 e. The fourth-order valence-corrected chi connectivity index (χ4v) is 2.19.